The van der Waals surface area contributed by atoms with Gasteiger partial charge in [-0.15, -0.1) is 0 Å². The molecule has 16 nitrogen and oxygen atoms in total. The van der Waals surface area contributed by atoms with Crippen LogP contribution in [0.1, 0.15) is 98.1 Å². The first-order valence-corrected chi connectivity index (χ1v) is 28.7. The molecule has 6 heterocycles. The Hall–Kier alpha value is -11.0. The normalized spacial score (nSPS) is 11.1. The summed E-state index contributed by atoms with van der Waals surface area (Å²) in [5, 5.41) is 13.6. The molecule has 12 aromatic rings. The van der Waals surface area contributed by atoms with E-state index in [0.717, 1.165) is 61.4 Å². The van der Waals surface area contributed by atoms with Crippen LogP contribution in [-0.4, -0.2) is 50.9 Å². The number of rotatable bonds is 15. The van der Waals surface area contributed by atoms with Crippen LogP contribution in [-0.2, 0) is 32.6 Å². The van der Waals surface area contributed by atoms with Crippen molar-refractivity contribution in [3.63, 3.8) is 0 Å². The van der Waals surface area contributed by atoms with Crippen molar-refractivity contribution in [3.05, 3.63) is 285 Å². The van der Waals surface area contributed by atoms with Gasteiger partial charge in [0.25, 0.3) is 22.4 Å². The Bertz CT molecular complexity index is 4970. The average Bonchev–Trinajstić information content (AvgIpc) is 1.69. The Morgan fingerprint density at radius 1 is 0.483 bits per heavy atom. The standard InChI is InChI=1S/C25H24FN3O2.C23H19FN2O2.C23H19N3O4/c1-3-16-7-9-22-20(12-16)23(19-5-4-10-28-25(19)31)24(15(2)30)29(22)14-18-11-17(13-27)6-8-21(18)26;1-14-9-10-20-18(12-14)21(17-7-5-11-25-23(17)28)22(15(2)27)26(20)13-16-6-3-4-8-19(16)24;1-14-8-9-20-19(11-14)21(18-7-4-10-24-23(18)28)22(15(2)27)25(20)13-16-5-3-6-17(12-16)26(29)30/h4-12H,3,13-14,27H2,1-2H3,(H,28,31);3-12H,13H2,1-2H3,(H,25,28);3-12H,13H2,1-2H3,(H,24,28). The number of nitro benzene ring substituents is 1. The van der Waals surface area contributed by atoms with Gasteiger partial charge in [-0.25, -0.2) is 8.78 Å². The highest BCUT2D eigenvalue weighted by Gasteiger charge is 2.28. The van der Waals surface area contributed by atoms with E-state index in [4.69, 9.17) is 5.73 Å². The van der Waals surface area contributed by atoms with Crippen LogP contribution in [0.4, 0.5) is 14.5 Å². The Morgan fingerprint density at radius 2 is 0.921 bits per heavy atom. The second-order valence-electron chi connectivity index (χ2n) is 21.7. The number of ketones is 3. The van der Waals surface area contributed by atoms with Gasteiger partial charge in [-0.1, -0.05) is 72.6 Å². The molecule has 18 heteroatoms. The Kier molecular flexibility index (Phi) is 17.8. The zero-order valence-electron chi connectivity index (χ0n) is 49.7. The summed E-state index contributed by atoms with van der Waals surface area (Å²) in [5.74, 6) is -1.25. The number of hydrogen-bond donors (Lipinski definition) is 4. The van der Waals surface area contributed by atoms with Gasteiger partial charge < -0.3 is 34.4 Å². The van der Waals surface area contributed by atoms with E-state index in [-0.39, 0.29) is 71.0 Å². The summed E-state index contributed by atoms with van der Waals surface area (Å²) in [4.78, 5) is 94.7. The monoisotopic (exact) mass is 1190 g/mol. The van der Waals surface area contributed by atoms with Crippen molar-refractivity contribution in [1.29, 1.82) is 0 Å². The minimum Gasteiger partial charge on any atom is -0.333 e. The van der Waals surface area contributed by atoms with Gasteiger partial charge >= 0.3 is 0 Å². The van der Waals surface area contributed by atoms with Crippen LogP contribution in [0.3, 0.4) is 0 Å². The number of aromatic amines is 3. The second kappa shape index (κ2) is 25.9. The van der Waals surface area contributed by atoms with E-state index in [9.17, 15) is 47.7 Å². The third-order valence-corrected chi connectivity index (χ3v) is 15.7. The fraction of sp³-hybridized carbons (Fsp3) is 0.155. The van der Waals surface area contributed by atoms with E-state index in [1.54, 1.807) is 107 Å². The Labute approximate surface area is 508 Å². The van der Waals surface area contributed by atoms with Gasteiger partial charge in [-0.05, 0) is 128 Å². The predicted octanol–water partition coefficient (Wildman–Crippen LogP) is 13.6. The van der Waals surface area contributed by atoms with Crippen LogP contribution in [0.15, 0.2) is 191 Å². The summed E-state index contributed by atoms with van der Waals surface area (Å²) in [5.41, 5.74) is 17.0. The molecule has 89 heavy (non-hydrogen) atoms. The number of Topliss-reactive ketones (excluding diaryl/α,β-unsaturated/α-hetero) is 3. The van der Waals surface area contributed by atoms with E-state index in [1.165, 1.54) is 45.0 Å². The lowest BCUT2D eigenvalue weighted by molar-refractivity contribution is -0.384. The summed E-state index contributed by atoms with van der Waals surface area (Å²) in [6.45, 7) is 11.3. The lowest BCUT2D eigenvalue weighted by Crippen LogP contribution is -2.13. The van der Waals surface area contributed by atoms with E-state index >= 15 is 0 Å². The van der Waals surface area contributed by atoms with Gasteiger partial charge in [-0.2, -0.15) is 0 Å². The fourth-order valence-electron chi connectivity index (χ4n) is 11.6. The van der Waals surface area contributed by atoms with Crippen molar-refractivity contribution in [1.82, 2.24) is 28.7 Å². The lowest BCUT2D eigenvalue weighted by atomic mass is 10.00. The number of halogens is 2. The van der Waals surface area contributed by atoms with Crippen molar-refractivity contribution >= 4 is 55.7 Å². The number of H-pyrrole nitrogens is 3. The molecule has 0 aliphatic heterocycles. The van der Waals surface area contributed by atoms with Crippen molar-refractivity contribution < 1.29 is 28.1 Å². The van der Waals surface area contributed by atoms with Crippen molar-refractivity contribution in [3.8, 4) is 33.4 Å². The number of non-ortho nitro benzene ring substituents is 1. The summed E-state index contributed by atoms with van der Waals surface area (Å²) in [7, 11) is 0. The van der Waals surface area contributed by atoms with Gasteiger partial charge in [0.2, 0.25) is 0 Å². The van der Waals surface area contributed by atoms with Crippen LogP contribution >= 0.6 is 0 Å². The number of carbonyl (C=O) groups is 3. The number of nitrogens with zero attached hydrogens (tertiary/aromatic N) is 4. The summed E-state index contributed by atoms with van der Waals surface area (Å²) < 4.78 is 34.4. The largest absolute Gasteiger partial charge is 0.333 e. The zero-order chi connectivity index (χ0) is 63.4. The topological polar surface area (TPSA) is 234 Å². The maximum atomic E-state index is 14.6. The van der Waals surface area contributed by atoms with Crippen molar-refractivity contribution in [2.75, 3.05) is 0 Å². The number of carbonyl (C=O) groups excluding carboxylic acids is 3. The highest BCUT2D eigenvalue weighted by Crippen LogP contribution is 2.39. The minimum absolute atomic E-state index is 0.0103. The molecule has 0 spiro atoms. The molecule has 0 unspecified atom stereocenters. The first-order chi connectivity index (χ1) is 42.8. The van der Waals surface area contributed by atoms with E-state index in [0.29, 0.717) is 73.7 Å². The molecule has 6 aromatic heterocycles. The minimum atomic E-state index is -0.443. The van der Waals surface area contributed by atoms with Gasteiger partial charge in [0.05, 0.1) is 35.1 Å². The molecule has 5 N–H and O–H groups in total. The quantitative estimate of drug-likeness (QED) is 0.0433. The smallest absolute Gasteiger partial charge is 0.269 e. The first kappa shape index (κ1) is 61.1. The third-order valence-electron chi connectivity index (χ3n) is 15.7. The van der Waals surface area contributed by atoms with Crippen LogP contribution in [0.2, 0.25) is 0 Å². The predicted molar refractivity (Wildman–Crippen MR) is 344 cm³/mol. The van der Waals surface area contributed by atoms with E-state index < -0.39 is 4.92 Å². The molecule has 0 aliphatic rings. The molecule has 0 radical (unpaired) electrons. The second-order valence-corrected chi connectivity index (χ2v) is 21.7. The summed E-state index contributed by atoms with van der Waals surface area (Å²) >= 11 is 0. The third kappa shape index (κ3) is 12.4. The van der Waals surface area contributed by atoms with E-state index in [2.05, 4.69) is 15.0 Å². The highest BCUT2D eigenvalue weighted by atomic mass is 19.1. The van der Waals surface area contributed by atoms with Gasteiger partial charge in [0, 0.05) is 142 Å². The fourth-order valence-corrected chi connectivity index (χ4v) is 11.6. The number of aryl methyl sites for hydroxylation is 3. The summed E-state index contributed by atoms with van der Waals surface area (Å²) in [6.07, 6.45) is 5.48. The van der Waals surface area contributed by atoms with Crippen LogP contribution in [0.25, 0.3) is 66.1 Å². The number of pyridine rings is 3. The van der Waals surface area contributed by atoms with Crippen LogP contribution in [0, 0.1) is 35.6 Å². The van der Waals surface area contributed by atoms with Gasteiger partial charge in [-0.3, -0.25) is 38.9 Å². The number of nitro groups is 1. The van der Waals surface area contributed by atoms with Crippen molar-refractivity contribution in [2.24, 2.45) is 5.73 Å². The molecule has 6 aromatic carbocycles. The van der Waals surface area contributed by atoms with Gasteiger partial charge in [0.1, 0.15) is 11.6 Å². The first-order valence-electron chi connectivity index (χ1n) is 28.7. The SMILES string of the molecule is CC(=O)c1c(-c2ccc[nH]c2=O)c2cc(C)ccc2n1Cc1cccc([N+](=O)[O-])c1.CC(=O)c1c(-c2ccc[nH]c2=O)c2cc(C)ccc2n1Cc1ccccc1F.CCc1ccc2c(c1)c(-c1ccc[nH]c1=O)c(C(C)=O)n2Cc1cc(CN)ccc1F. The molecule has 448 valence electrons. The highest BCUT2D eigenvalue weighted by molar-refractivity contribution is 6.12. The maximum absolute atomic E-state index is 14.6. The number of aromatic nitrogens is 6. The molecule has 0 saturated carbocycles. The number of nitrogens with two attached hydrogens (primary N) is 1. The van der Waals surface area contributed by atoms with Crippen molar-refractivity contribution in [2.45, 2.75) is 74.1 Å². The van der Waals surface area contributed by atoms with Crippen LogP contribution in [0.5, 0.6) is 0 Å². The van der Waals surface area contributed by atoms with Gasteiger partial charge in [0.15, 0.2) is 17.3 Å². The molecular weight excluding hydrogens is 1130 g/mol. The Morgan fingerprint density at radius 3 is 1.37 bits per heavy atom. The number of hydrogen-bond acceptors (Lipinski definition) is 9. The van der Waals surface area contributed by atoms with Crippen LogP contribution < -0.4 is 22.4 Å². The zero-order valence-corrected chi connectivity index (χ0v) is 49.7. The van der Waals surface area contributed by atoms with E-state index in [1.807, 2.05) is 79.9 Å². The average molecular weight is 1190 g/mol. The Balaban J connectivity index is 0.000000147. The lowest BCUT2D eigenvalue weighted by Gasteiger charge is -2.12. The molecule has 0 bridgehead atoms. The molecule has 0 aliphatic carbocycles. The molecule has 0 amide bonds. The number of fused-ring (bicyclic) bond motifs is 3. The molecule has 0 saturated heterocycles. The molecule has 12 rings (SSSR count). The maximum Gasteiger partial charge on any atom is 0.269 e. The number of nitrogens with one attached hydrogen (secondary N) is 3. The number of benzene rings is 6. The molecule has 0 atom stereocenters. The molecular formula is C71H62F2N8O8. The summed E-state index contributed by atoms with van der Waals surface area (Å²) in [6, 6.07) is 45.5. The molecule has 0 fully saturated rings.